The molecule has 1 aliphatic heterocycles. The number of nitrogens with one attached hydrogen (secondary N) is 1. The molecule has 9 nitrogen and oxygen atoms in total. The fraction of sp³-hybridized carbons (Fsp3) is 0.143. The van der Waals surface area contributed by atoms with Gasteiger partial charge in [0.2, 0.25) is 11.8 Å². The molecule has 2 aromatic carbocycles. The predicted octanol–water partition coefficient (Wildman–Crippen LogP) is 4.19. The Balaban J connectivity index is 1.83. The Morgan fingerprint density at radius 1 is 1.35 bits per heavy atom. The molecule has 0 saturated heterocycles. The Morgan fingerprint density at radius 2 is 2.10 bits per heavy atom. The van der Waals surface area contributed by atoms with Crippen molar-refractivity contribution in [2.24, 2.45) is 5.73 Å². The maximum Gasteiger partial charge on any atom is 0.270 e. The summed E-state index contributed by atoms with van der Waals surface area (Å²) < 4.78 is 12.4. The summed E-state index contributed by atoms with van der Waals surface area (Å²) in [7, 11) is 0. The van der Waals surface area contributed by atoms with Gasteiger partial charge in [-0.05, 0) is 30.7 Å². The van der Waals surface area contributed by atoms with E-state index >= 15 is 0 Å². The van der Waals surface area contributed by atoms with Gasteiger partial charge in [0.15, 0.2) is 0 Å². The molecule has 0 unspecified atom stereocenters. The second-order valence-electron chi connectivity index (χ2n) is 6.89. The lowest BCUT2D eigenvalue weighted by molar-refractivity contribution is -0.384. The molecule has 0 spiro atoms. The zero-order chi connectivity index (χ0) is 22.1. The zero-order valence-corrected chi connectivity index (χ0v) is 17.8. The number of non-ortho nitro benzene ring substituents is 1. The van der Waals surface area contributed by atoms with E-state index in [-0.39, 0.29) is 29.6 Å². The molecule has 0 fully saturated rings. The Labute approximate surface area is 185 Å². The SMILES string of the molecule is Cc1[nH]nc2c1[C@@H](c1cc([N+](=O)[O-])ccc1OCc1ccc(Br)cc1)C(C#N)=C(N)O2. The number of ether oxygens (including phenoxy) is 2. The van der Waals surface area contributed by atoms with Crippen molar-refractivity contribution < 1.29 is 14.4 Å². The van der Waals surface area contributed by atoms with Gasteiger partial charge < -0.3 is 15.2 Å². The lowest BCUT2D eigenvalue weighted by Crippen LogP contribution is -2.21. The van der Waals surface area contributed by atoms with E-state index in [4.69, 9.17) is 15.2 Å². The van der Waals surface area contributed by atoms with Crippen molar-refractivity contribution >= 4 is 21.6 Å². The maximum absolute atomic E-state index is 11.5. The van der Waals surface area contributed by atoms with Crippen LogP contribution < -0.4 is 15.2 Å². The minimum absolute atomic E-state index is 0.100. The van der Waals surface area contributed by atoms with Crippen LogP contribution >= 0.6 is 15.9 Å². The molecule has 0 bridgehead atoms. The summed E-state index contributed by atoms with van der Waals surface area (Å²) in [6.07, 6.45) is 0. The topological polar surface area (TPSA) is 140 Å². The third kappa shape index (κ3) is 3.83. The van der Waals surface area contributed by atoms with E-state index < -0.39 is 10.8 Å². The van der Waals surface area contributed by atoms with Crippen molar-refractivity contribution in [1.82, 2.24) is 10.2 Å². The summed E-state index contributed by atoms with van der Waals surface area (Å²) in [4.78, 5) is 11.0. The van der Waals surface area contributed by atoms with Gasteiger partial charge in [0.25, 0.3) is 5.69 Å². The van der Waals surface area contributed by atoms with Crippen molar-refractivity contribution in [3.8, 4) is 17.7 Å². The number of H-pyrrole nitrogens is 1. The first-order valence-corrected chi connectivity index (χ1v) is 9.96. The van der Waals surface area contributed by atoms with E-state index in [0.29, 0.717) is 22.6 Å². The lowest BCUT2D eigenvalue weighted by Gasteiger charge is -2.25. The second kappa shape index (κ2) is 8.12. The number of benzene rings is 2. The normalized spacial score (nSPS) is 15.1. The molecule has 4 rings (SSSR count). The molecule has 0 aliphatic carbocycles. The highest BCUT2D eigenvalue weighted by Gasteiger charge is 2.36. The van der Waals surface area contributed by atoms with Gasteiger partial charge in [0.05, 0.1) is 10.8 Å². The predicted molar refractivity (Wildman–Crippen MR) is 114 cm³/mol. The Morgan fingerprint density at radius 3 is 2.77 bits per heavy atom. The Bertz CT molecular complexity index is 1240. The van der Waals surface area contributed by atoms with Crippen LogP contribution in [-0.2, 0) is 6.61 Å². The number of aryl methyl sites for hydroxylation is 1. The number of aromatic nitrogens is 2. The summed E-state index contributed by atoms with van der Waals surface area (Å²) >= 11 is 3.39. The van der Waals surface area contributed by atoms with Gasteiger partial charge in [0, 0.05) is 33.4 Å². The van der Waals surface area contributed by atoms with E-state index in [9.17, 15) is 15.4 Å². The van der Waals surface area contributed by atoms with E-state index in [2.05, 4.69) is 32.2 Å². The number of nitrogens with two attached hydrogens (primary N) is 1. The first kappa shape index (κ1) is 20.4. The van der Waals surface area contributed by atoms with Crippen LogP contribution in [0.15, 0.2) is 58.4 Å². The number of nitro groups is 1. The van der Waals surface area contributed by atoms with Crippen LogP contribution in [-0.4, -0.2) is 15.1 Å². The fourth-order valence-electron chi connectivity index (χ4n) is 3.46. The van der Waals surface area contributed by atoms with E-state index in [1.165, 1.54) is 18.2 Å². The Hall–Kier alpha value is -3.84. The molecule has 3 aromatic rings. The molecular formula is C21H16BrN5O4. The molecule has 0 saturated carbocycles. The zero-order valence-electron chi connectivity index (χ0n) is 16.3. The molecule has 10 heteroatoms. The van der Waals surface area contributed by atoms with Crippen LogP contribution in [0.5, 0.6) is 11.6 Å². The molecule has 1 aliphatic rings. The highest BCUT2D eigenvalue weighted by atomic mass is 79.9. The van der Waals surface area contributed by atoms with E-state index in [1.54, 1.807) is 6.92 Å². The van der Waals surface area contributed by atoms with E-state index in [0.717, 1.165) is 10.0 Å². The smallest absolute Gasteiger partial charge is 0.270 e. The third-order valence-electron chi connectivity index (χ3n) is 4.95. The average molecular weight is 482 g/mol. The maximum atomic E-state index is 11.5. The standard InChI is InChI=1S/C21H16BrN5O4/c1-11-18-19(16(9-23)20(24)31-21(18)26-25-11)15-8-14(27(28)29)6-7-17(15)30-10-12-2-4-13(22)5-3-12/h2-8,19H,10,24H2,1H3,(H,25,26)/t19-/m0/s1. The first-order valence-electron chi connectivity index (χ1n) is 9.17. The summed E-state index contributed by atoms with van der Waals surface area (Å²) in [5.41, 5.74) is 8.56. The number of fused-ring (bicyclic) bond motifs is 1. The second-order valence-corrected chi connectivity index (χ2v) is 7.80. The highest BCUT2D eigenvalue weighted by Crippen LogP contribution is 2.46. The van der Waals surface area contributed by atoms with Crippen molar-refractivity contribution in [3.63, 3.8) is 0 Å². The molecule has 31 heavy (non-hydrogen) atoms. The molecule has 3 N–H and O–H groups in total. The van der Waals surface area contributed by atoms with Crippen molar-refractivity contribution in [1.29, 1.82) is 5.26 Å². The third-order valence-corrected chi connectivity index (χ3v) is 5.48. The van der Waals surface area contributed by atoms with Crippen LogP contribution in [0.1, 0.15) is 28.3 Å². The van der Waals surface area contributed by atoms with Crippen molar-refractivity contribution in [2.75, 3.05) is 0 Å². The summed E-state index contributed by atoms with van der Waals surface area (Å²) in [5.74, 6) is -0.207. The summed E-state index contributed by atoms with van der Waals surface area (Å²) in [6.45, 7) is 2.01. The number of nitrogens with zero attached hydrogens (tertiary/aromatic N) is 3. The van der Waals surface area contributed by atoms with Gasteiger partial charge in [-0.25, -0.2) is 0 Å². The molecule has 156 valence electrons. The van der Waals surface area contributed by atoms with Gasteiger partial charge >= 0.3 is 0 Å². The summed E-state index contributed by atoms with van der Waals surface area (Å²) in [5, 5.41) is 28.1. The van der Waals surface area contributed by atoms with Gasteiger partial charge in [-0.15, -0.1) is 5.10 Å². The minimum atomic E-state index is -0.729. The molecule has 2 heterocycles. The highest BCUT2D eigenvalue weighted by molar-refractivity contribution is 9.10. The number of halogens is 1. The largest absolute Gasteiger partial charge is 0.489 e. The minimum Gasteiger partial charge on any atom is -0.489 e. The quantitative estimate of drug-likeness (QED) is 0.411. The van der Waals surface area contributed by atoms with Gasteiger partial charge in [-0.2, -0.15) is 5.26 Å². The van der Waals surface area contributed by atoms with Gasteiger partial charge in [-0.1, -0.05) is 28.1 Å². The summed E-state index contributed by atoms with van der Waals surface area (Å²) in [6, 6.07) is 14.0. The molecule has 1 atom stereocenters. The Kier molecular flexibility index (Phi) is 5.35. The first-order chi connectivity index (χ1) is 14.9. The van der Waals surface area contributed by atoms with Gasteiger partial charge in [-0.3, -0.25) is 15.2 Å². The molecule has 1 aromatic heterocycles. The van der Waals surface area contributed by atoms with Crippen LogP contribution in [0.25, 0.3) is 0 Å². The van der Waals surface area contributed by atoms with Crippen LogP contribution in [0.3, 0.4) is 0 Å². The molecule has 0 amide bonds. The monoisotopic (exact) mass is 481 g/mol. The number of aromatic amines is 1. The fourth-order valence-corrected chi connectivity index (χ4v) is 3.72. The number of hydrogen-bond donors (Lipinski definition) is 2. The molecule has 0 radical (unpaired) electrons. The van der Waals surface area contributed by atoms with Gasteiger partial charge in [0.1, 0.15) is 24.0 Å². The van der Waals surface area contributed by atoms with Crippen LogP contribution in [0.4, 0.5) is 5.69 Å². The number of rotatable bonds is 5. The molecular weight excluding hydrogens is 466 g/mol. The number of allylic oxidation sites excluding steroid dienone is 1. The van der Waals surface area contributed by atoms with Crippen LogP contribution in [0, 0.1) is 28.4 Å². The lowest BCUT2D eigenvalue weighted by atomic mass is 9.83. The number of nitriles is 1. The average Bonchev–Trinajstić information content (AvgIpc) is 3.12. The van der Waals surface area contributed by atoms with E-state index in [1.807, 2.05) is 24.3 Å². The van der Waals surface area contributed by atoms with Crippen molar-refractivity contribution in [3.05, 3.63) is 90.9 Å². The number of nitro benzene ring substituents is 1. The van der Waals surface area contributed by atoms with Crippen molar-refractivity contribution in [2.45, 2.75) is 19.4 Å². The van der Waals surface area contributed by atoms with Crippen LogP contribution in [0.2, 0.25) is 0 Å². The number of hydrogen-bond acceptors (Lipinski definition) is 7.